The van der Waals surface area contributed by atoms with Crippen LogP contribution in [-0.2, 0) is 19.1 Å². The van der Waals surface area contributed by atoms with Crippen molar-refractivity contribution in [2.45, 2.75) is 12.8 Å². The van der Waals surface area contributed by atoms with Gasteiger partial charge < -0.3 is 25.4 Å². The Labute approximate surface area is 114 Å². The molecule has 0 aliphatic carbocycles. The topological polar surface area (TPSA) is 88.7 Å². The maximum absolute atomic E-state index is 11.3. The quantitative estimate of drug-likeness (QED) is 0.393. The lowest BCUT2D eigenvalue weighted by atomic mass is 10.4. The average molecular weight is 275 g/mol. The highest BCUT2D eigenvalue weighted by atomic mass is 16.5. The Morgan fingerprint density at radius 3 is 2.00 bits per heavy atom. The van der Waals surface area contributed by atoms with Gasteiger partial charge in [0.15, 0.2) is 0 Å². The largest absolute Gasteiger partial charge is 0.380 e. The lowest BCUT2D eigenvalue weighted by Gasteiger charge is -2.07. The molecule has 112 valence electrons. The Morgan fingerprint density at radius 2 is 1.42 bits per heavy atom. The monoisotopic (exact) mass is 275 g/mol. The number of carbonyl (C=O) groups is 2. The number of rotatable bonds is 12. The molecule has 0 aromatic carbocycles. The first kappa shape index (κ1) is 17.8. The highest BCUT2D eigenvalue weighted by Gasteiger charge is 2.01. The van der Waals surface area contributed by atoms with Crippen LogP contribution in [0, 0.1) is 0 Å². The summed E-state index contributed by atoms with van der Waals surface area (Å²) in [6, 6.07) is 0. The molecule has 0 fully saturated rings. The molecule has 3 N–H and O–H groups in total. The van der Waals surface area contributed by atoms with Gasteiger partial charge in [-0.1, -0.05) is 0 Å². The summed E-state index contributed by atoms with van der Waals surface area (Å²) in [6.07, 6.45) is 0.686. The smallest absolute Gasteiger partial charge is 0.222 e. The van der Waals surface area contributed by atoms with Gasteiger partial charge in [0, 0.05) is 33.0 Å². The van der Waals surface area contributed by atoms with Crippen molar-refractivity contribution in [3.05, 3.63) is 0 Å². The Bertz CT molecular complexity index is 249. The zero-order valence-electron chi connectivity index (χ0n) is 11.8. The van der Waals surface area contributed by atoms with Crippen molar-refractivity contribution in [2.75, 3.05) is 53.6 Å². The predicted molar refractivity (Wildman–Crippen MR) is 71.9 cm³/mol. The van der Waals surface area contributed by atoms with E-state index in [1.54, 1.807) is 7.05 Å². The van der Waals surface area contributed by atoms with Crippen LogP contribution in [0.15, 0.2) is 0 Å². The zero-order chi connectivity index (χ0) is 14.3. The van der Waals surface area contributed by atoms with Gasteiger partial charge in [0.2, 0.25) is 11.8 Å². The molecule has 0 rings (SSSR count). The van der Waals surface area contributed by atoms with Crippen LogP contribution in [0.1, 0.15) is 12.8 Å². The van der Waals surface area contributed by atoms with Crippen LogP contribution in [0.2, 0.25) is 0 Å². The summed E-state index contributed by atoms with van der Waals surface area (Å²) in [5.41, 5.74) is 0. The van der Waals surface area contributed by atoms with Crippen molar-refractivity contribution in [1.82, 2.24) is 16.0 Å². The molecule has 0 radical (unpaired) electrons. The van der Waals surface area contributed by atoms with E-state index < -0.39 is 0 Å². The van der Waals surface area contributed by atoms with E-state index in [1.807, 2.05) is 7.05 Å². The molecule has 0 aliphatic rings. The molecule has 0 aromatic rings. The van der Waals surface area contributed by atoms with Gasteiger partial charge in [0.1, 0.15) is 0 Å². The highest BCUT2D eigenvalue weighted by Crippen LogP contribution is 1.84. The van der Waals surface area contributed by atoms with Gasteiger partial charge in [-0.15, -0.1) is 0 Å². The van der Waals surface area contributed by atoms with Gasteiger partial charge in [-0.3, -0.25) is 9.59 Å². The Hall–Kier alpha value is -1.18. The van der Waals surface area contributed by atoms with Gasteiger partial charge in [0.25, 0.3) is 0 Å². The van der Waals surface area contributed by atoms with E-state index in [4.69, 9.17) is 9.47 Å². The van der Waals surface area contributed by atoms with Crippen molar-refractivity contribution >= 4 is 11.8 Å². The summed E-state index contributed by atoms with van der Waals surface area (Å²) in [5, 5.41) is 8.17. The molecule has 0 unspecified atom stereocenters. The lowest BCUT2D eigenvalue weighted by molar-refractivity contribution is -0.123. The van der Waals surface area contributed by atoms with Gasteiger partial charge in [-0.2, -0.15) is 0 Å². The number of likely N-dealkylation sites (N-methyl/N-ethyl adjacent to an activating group) is 1. The second-order valence-corrected chi connectivity index (χ2v) is 3.85. The van der Waals surface area contributed by atoms with E-state index in [9.17, 15) is 9.59 Å². The van der Waals surface area contributed by atoms with E-state index in [0.29, 0.717) is 45.8 Å². The number of hydrogen-bond donors (Lipinski definition) is 3. The summed E-state index contributed by atoms with van der Waals surface area (Å²) >= 11 is 0. The highest BCUT2D eigenvalue weighted by molar-refractivity contribution is 5.76. The Kier molecular flexibility index (Phi) is 12.4. The van der Waals surface area contributed by atoms with Crippen LogP contribution in [-0.4, -0.2) is 65.4 Å². The van der Waals surface area contributed by atoms with E-state index in [-0.39, 0.29) is 11.8 Å². The molecule has 0 aliphatic heterocycles. The normalized spacial score (nSPS) is 10.2. The van der Waals surface area contributed by atoms with Crippen molar-refractivity contribution in [2.24, 2.45) is 0 Å². The van der Waals surface area contributed by atoms with Crippen LogP contribution in [0.4, 0.5) is 0 Å². The van der Waals surface area contributed by atoms with Crippen molar-refractivity contribution in [1.29, 1.82) is 0 Å². The third kappa shape index (κ3) is 13.1. The first-order valence-electron chi connectivity index (χ1n) is 6.48. The number of hydrogen-bond acceptors (Lipinski definition) is 5. The first-order valence-corrected chi connectivity index (χ1v) is 6.48. The van der Waals surface area contributed by atoms with E-state index in [0.717, 1.165) is 6.54 Å². The molecule has 0 atom stereocenters. The zero-order valence-corrected chi connectivity index (χ0v) is 11.8. The molecule has 0 saturated carbocycles. The number of ether oxygens (including phenoxy) is 2. The number of amides is 2. The summed E-state index contributed by atoms with van der Waals surface area (Å²) in [4.78, 5) is 22.2. The third-order valence-corrected chi connectivity index (χ3v) is 2.29. The summed E-state index contributed by atoms with van der Waals surface area (Å²) in [6.45, 7) is 3.02. The molecule has 0 saturated heterocycles. The molecule has 0 spiro atoms. The Balaban J connectivity index is 3.22. The molecule has 0 heterocycles. The van der Waals surface area contributed by atoms with Crippen LogP contribution >= 0.6 is 0 Å². The molecule has 0 aromatic heterocycles. The first-order chi connectivity index (χ1) is 9.20. The minimum absolute atomic E-state index is 0.0530. The standard InChI is InChI=1S/C12H25N3O4/c1-13-5-9-18-8-4-12(17)15-6-10-19-7-3-11(16)14-2/h13H,3-10H2,1-2H3,(H,14,16)(H,15,17). The van der Waals surface area contributed by atoms with Gasteiger partial charge in [0.05, 0.1) is 26.4 Å². The fourth-order valence-electron chi connectivity index (χ4n) is 1.18. The van der Waals surface area contributed by atoms with Gasteiger partial charge in [-0.25, -0.2) is 0 Å². The summed E-state index contributed by atoms with van der Waals surface area (Å²) in [5.74, 6) is -0.109. The molecule has 0 bridgehead atoms. The van der Waals surface area contributed by atoms with E-state index >= 15 is 0 Å². The van der Waals surface area contributed by atoms with E-state index in [2.05, 4.69) is 16.0 Å². The molecule has 7 heteroatoms. The minimum atomic E-state index is -0.0561. The predicted octanol–water partition coefficient (Wildman–Crippen LogP) is -1.12. The van der Waals surface area contributed by atoms with Crippen molar-refractivity contribution in [3.63, 3.8) is 0 Å². The van der Waals surface area contributed by atoms with Crippen LogP contribution < -0.4 is 16.0 Å². The average Bonchev–Trinajstić information content (AvgIpc) is 2.42. The summed E-state index contributed by atoms with van der Waals surface area (Å²) in [7, 11) is 3.43. The SMILES string of the molecule is CNCCOCCC(=O)NCCOCCC(=O)NC. The molecule has 2 amide bonds. The van der Waals surface area contributed by atoms with E-state index in [1.165, 1.54) is 0 Å². The van der Waals surface area contributed by atoms with Gasteiger partial charge in [-0.05, 0) is 7.05 Å². The van der Waals surface area contributed by atoms with Crippen LogP contribution in [0.3, 0.4) is 0 Å². The second kappa shape index (κ2) is 13.3. The van der Waals surface area contributed by atoms with Crippen molar-refractivity contribution in [3.8, 4) is 0 Å². The van der Waals surface area contributed by atoms with Gasteiger partial charge >= 0.3 is 0 Å². The summed E-state index contributed by atoms with van der Waals surface area (Å²) < 4.78 is 10.4. The molecular weight excluding hydrogens is 250 g/mol. The fourth-order valence-corrected chi connectivity index (χ4v) is 1.18. The second-order valence-electron chi connectivity index (χ2n) is 3.85. The lowest BCUT2D eigenvalue weighted by Crippen LogP contribution is -2.29. The maximum Gasteiger partial charge on any atom is 0.222 e. The fraction of sp³-hybridized carbons (Fsp3) is 0.833. The number of nitrogens with one attached hydrogen (secondary N) is 3. The van der Waals surface area contributed by atoms with Crippen LogP contribution in [0.5, 0.6) is 0 Å². The minimum Gasteiger partial charge on any atom is -0.380 e. The molecular formula is C12H25N3O4. The third-order valence-electron chi connectivity index (χ3n) is 2.29. The molecule has 19 heavy (non-hydrogen) atoms. The number of carbonyl (C=O) groups excluding carboxylic acids is 2. The maximum atomic E-state index is 11.3. The van der Waals surface area contributed by atoms with Crippen LogP contribution in [0.25, 0.3) is 0 Å². The Morgan fingerprint density at radius 1 is 0.842 bits per heavy atom. The van der Waals surface area contributed by atoms with Crippen molar-refractivity contribution < 1.29 is 19.1 Å². The molecule has 7 nitrogen and oxygen atoms in total.